The highest BCUT2D eigenvalue weighted by Gasteiger charge is 2.42. The standard InChI is InChI=1S/C19H20N2O.ClHO4/c22-11-12-5-6-14-9-13(12)10-18-19-16(7-8-21(14)18)15-3-1-2-4-17(15)20-19;2-1(3,4)5/h1-4,7-8,12-14,22H,5-6,9-11H2;(H,2,3,4,5)/t12-,13+,14-;/m1./s1. The molecule has 3 aromatic rings. The second-order valence-electron chi connectivity index (χ2n) is 7.38. The molecule has 2 aromatic heterocycles. The van der Waals surface area contributed by atoms with Crippen molar-refractivity contribution in [3.8, 4) is 0 Å². The fourth-order valence-corrected chi connectivity index (χ4v) is 4.78. The van der Waals surface area contributed by atoms with Crippen LogP contribution < -0.4 is 23.2 Å². The van der Waals surface area contributed by atoms with Crippen LogP contribution in [0, 0.1) is 22.1 Å². The van der Waals surface area contributed by atoms with E-state index in [1.165, 1.54) is 46.8 Å². The number of H-pyrrole nitrogens is 1. The summed E-state index contributed by atoms with van der Waals surface area (Å²) in [6.45, 7) is 0.347. The Morgan fingerprint density at radius 1 is 1.07 bits per heavy atom. The second-order valence-corrected chi connectivity index (χ2v) is 8.14. The van der Waals surface area contributed by atoms with Gasteiger partial charge in [0.25, 0.3) is 0 Å². The Morgan fingerprint density at radius 3 is 2.56 bits per heavy atom. The average molecular weight is 393 g/mol. The fraction of sp³-hybridized carbons (Fsp3) is 0.421. The first-order valence-electron chi connectivity index (χ1n) is 9.01. The Kier molecular flexibility index (Phi) is 4.84. The maximum atomic E-state index is 9.66. The number of aromatic amines is 1. The van der Waals surface area contributed by atoms with Gasteiger partial charge in [0.1, 0.15) is 5.52 Å². The van der Waals surface area contributed by atoms with Crippen molar-refractivity contribution in [1.29, 1.82) is 0 Å². The zero-order valence-electron chi connectivity index (χ0n) is 14.6. The van der Waals surface area contributed by atoms with Crippen LogP contribution >= 0.6 is 0 Å². The molecule has 0 radical (unpaired) electrons. The maximum absolute atomic E-state index is 9.66. The number of aromatic nitrogens is 2. The molecule has 0 amide bonds. The highest BCUT2D eigenvalue weighted by atomic mass is 35.7. The lowest BCUT2D eigenvalue weighted by molar-refractivity contribution is -2.00. The predicted octanol–water partition coefficient (Wildman–Crippen LogP) is -1.64. The maximum Gasteiger partial charge on any atom is 0.206 e. The summed E-state index contributed by atoms with van der Waals surface area (Å²) in [5.41, 5.74) is 3.96. The summed E-state index contributed by atoms with van der Waals surface area (Å²) in [7, 11) is -4.94. The highest BCUT2D eigenvalue weighted by Crippen LogP contribution is 2.40. The van der Waals surface area contributed by atoms with Crippen molar-refractivity contribution in [2.45, 2.75) is 31.7 Å². The van der Waals surface area contributed by atoms with Gasteiger partial charge in [0, 0.05) is 48.2 Å². The third-order valence-electron chi connectivity index (χ3n) is 5.94. The molecule has 27 heavy (non-hydrogen) atoms. The van der Waals surface area contributed by atoms with Gasteiger partial charge in [0.05, 0.1) is 0 Å². The van der Waals surface area contributed by atoms with E-state index in [2.05, 4.69) is 46.1 Å². The van der Waals surface area contributed by atoms with E-state index in [0.717, 1.165) is 6.42 Å². The number of nitrogens with one attached hydrogen (secondary N) is 1. The van der Waals surface area contributed by atoms with Crippen molar-refractivity contribution in [3.63, 3.8) is 0 Å². The molecule has 1 aliphatic heterocycles. The number of halogens is 1. The van der Waals surface area contributed by atoms with E-state index in [9.17, 15) is 5.11 Å². The van der Waals surface area contributed by atoms with Gasteiger partial charge in [-0.2, -0.15) is 4.57 Å². The molecule has 1 saturated carbocycles. The summed E-state index contributed by atoms with van der Waals surface area (Å²) >= 11 is 0. The first-order chi connectivity index (χ1) is 12.8. The summed E-state index contributed by atoms with van der Waals surface area (Å²) < 4.78 is 36.5. The Balaban J connectivity index is 0.000000323. The summed E-state index contributed by atoms with van der Waals surface area (Å²) in [5.74, 6) is 1.13. The van der Waals surface area contributed by atoms with Crippen molar-refractivity contribution in [2.75, 3.05) is 6.61 Å². The third kappa shape index (κ3) is 3.67. The van der Waals surface area contributed by atoms with Gasteiger partial charge in [-0.1, -0.05) is 18.2 Å². The van der Waals surface area contributed by atoms with Crippen molar-refractivity contribution in [3.05, 3.63) is 42.2 Å². The molecule has 0 saturated heterocycles. The lowest BCUT2D eigenvalue weighted by Crippen LogP contribution is -2.68. The zero-order valence-corrected chi connectivity index (χ0v) is 15.4. The molecular formula is C19H21ClN2O5. The van der Waals surface area contributed by atoms with Crippen LogP contribution in [0.25, 0.3) is 21.8 Å². The van der Waals surface area contributed by atoms with Crippen LogP contribution in [-0.2, 0) is 6.42 Å². The van der Waals surface area contributed by atoms with E-state index in [1.807, 2.05) is 0 Å². The largest absolute Gasteiger partial charge is 0.396 e. The number of aliphatic hydroxyl groups excluding tert-OH is 1. The van der Waals surface area contributed by atoms with Crippen molar-refractivity contribution < 1.29 is 38.6 Å². The average Bonchev–Trinajstić information content (AvgIpc) is 3.00. The van der Waals surface area contributed by atoms with Gasteiger partial charge < -0.3 is 10.1 Å². The van der Waals surface area contributed by atoms with Gasteiger partial charge in [-0.3, -0.25) is 0 Å². The number of nitrogens with zero attached hydrogens (tertiary/aromatic N) is 1. The van der Waals surface area contributed by atoms with Crippen LogP contribution in [0.1, 0.15) is 31.0 Å². The topological polar surface area (TPSA) is 132 Å². The number of fused-ring (bicyclic) bond motifs is 8. The van der Waals surface area contributed by atoms with Crippen LogP contribution in [0.3, 0.4) is 0 Å². The molecule has 3 atom stereocenters. The first kappa shape index (κ1) is 18.6. The van der Waals surface area contributed by atoms with Gasteiger partial charge >= 0.3 is 0 Å². The lowest BCUT2D eigenvalue weighted by atomic mass is 9.72. The van der Waals surface area contributed by atoms with E-state index >= 15 is 0 Å². The first-order valence-corrected chi connectivity index (χ1v) is 10.2. The predicted molar refractivity (Wildman–Crippen MR) is 86.7 cm³/mol. The van der Waals surface area contributed by atoms with Crippen LogP contribution in [-0.4, -0.2) is 16.7 Å². The molecule has 1 aliphatic carbocycles. The number of pyridine rings is 1. The quantitative estimate of drug-likeness (QED) is 0.479. The van der Waals surface area contributed by atoms with E-state index < -0.39 is 10.2 Å². The summed E-state index contributed by atoms with van der Waals surface area (Å²) in [4.78, 5) is 3.64. The summed E-state index contributed by atoms with van der Waals surface area (Å²) in [6, 6.07) is 11.5. The third-order valence-corrected chi connectivity index (χ3v) is 5.94. The number of para-hydroxylation sites is 1. The monoisotopic (exact) mass is 392 g/mol. The van der Waals surface area contributed by atoms with Crippen LogP contribution in [0.5, 0.6) is 0 Å². The minimum Gasteiger partial charge on any atom is -0.396 e. The van der Waals surface area contributed by atoms with Gasteiger partial charge in [0.15, 0.2) is 12.2 Å². The molecule has 2 aliphatic rings. The minimum absolute atomic E-state index is 0.347. The normalized spacial score (nSPS) is 24.4. The van der Waals surface area contributed by atoms with Gasteiger partial charge in [-0.15, -0.1) is 10.2 Å². The number of aliphatic hydroxyl groups is 1. The Bertz CT molecular complexity index is 962. The van der Waals surface area contributed by atoms with Gasteiger partial charge in [-0.05, 0) is 24.3 Å². The fourth-order valence-electron chi connectivity index (χ4n) is 4.78. The van der Waals surface area contributed by atoms with E-state index in [-0.39, 0.29) is 0 Å². The van der Waals surface area contributed by atoms with Crippen molar-refractivity contribution >= 4 is 21.8 Å². The SMILES string of the molecule is OC[C@H]1CC[C@@H]2C[C@H]1Cc1c3[nH]c4ccccc4c3cc[n+]12.[O-][Cl+3]([O-])([O-])[O-]. The molecule has 144 valence electrons. The van der Waals surface area contributed by atoms with Gasteiger partial charge in [-0.25, -0.2) is 18.6 Å². The van der Waals surface area contributed by atoms with E-state index in [0.29, 0.717) is 24.5 Å². The van der Waals surface area contributed by atoms with Crippen LogP contribution in [0.2, 0.25) is 0 Å². The molecule has 8 heteroatoms. The molecular weight excluding hydrogens is 372 g/mol. The number of hydrogen-bond acceptors (Lipinski definition) is 5. The summed E-state index contributed by atoms with van der Waals surface area (Å²) in [6.07, 6.45) is 6.98. The second kappa shape index (κ2) is 7.01. The highest BCUT2D eigenvalue weighted by molar-refractivity contribution is 6.07. The summed E-state index contributed by atoms with van der Waals surface area (Å²) in [5, 5.41) is 12.3. The Labute approximate surface area is 158 Å². The van der Waals surface area contributed by atoms with E-state index in [1.54, 1.807) is 0 Å². The molecule has 7 nitrogen and oxygen atoms in total. The van der Waals surface area contributed by atoms with Crippen molar-refractivity contribution in [1.82, 2.24) is 4.98 Å². The Morgan fingerprint density at radius 2 is 1.81 bits per heavy atom. The molecule has 2 N–H and O–H groups in total. The lowest BCUT2D eigenvalue weighted by Gasteiger charge is -2.36. The molecule has 2 bridgehead atoms. The van der Waals surface area contributed by atoms with Gasteiger partial charge in [0.2, 0.25) is 5.69 Å². The minimum atomic E-state index is -4.94. The van der Waals surface area contributed by atoms with Crippen LogP contribution in [0.15, 0.2) is 36.5 Å². The molecule has 5 rings (SSSR count). The Hall–Kier alpha value is -1.74. The molecule has 0 spiro atoms. The van der Waals surface area contributed by atoms with E-state index in [4.69, 9.17) is 18.6 Å². The number of hydrogen-bond donors (Lipinski definition) is 2. The van der Waals surface area contributed by atoms with Crippen molar-refractivity contribution in [2.24, 2.45) is 11.8 Å². The molecule has 1 fully saturated rings. The van der Waals surface area contributed by atoms with Crippen LogP contribution in [0.4, 0.5) is 0 Å². The molecule has 3 heterocycles. The number of rotatable bonds is 1. The molecule has 0 unspecified atom stereocenters. The smallest absolute Gasteiger partial charge is 0.206 e. The molecule has 1 aromatic carbocycles. The number of benzene rings is 1. The zero-order chi connectivity index (χ0) is 19.2.